The Balaban J connectivity index is 2.34. The first kappa shape index (κ1) is 14.7. The van der Waals surface area contributed by atoms with Crippen LogP contribution in [-0.4, -0.2) is 21.2 Å². The predicted octanol–water partition coefficient (Wildman–Crippen LogP) is 3.99. The van der Waals surface area contributed by atoms with Crippen molar-refractivity contribution in [1.29, 1.82) is 0 Å². The summed E-state index contributed by atoms with van der Waals surface area (Å²) in [5.74, 6) is 0.738. The number of nitrogens with zero attached hydrogens (tertiary/aromatic N) is 4. The normalized spacial score (nSPS) is 11.0. The molecule has 0 saturated heterocycles. The number of methoxy groups -OCH3 is 1. The third-order valence-electron chi connectivity index (χ3n) is 2.75. The van der Waals surface area contributed by atoms with E-state index in [4.69, 9.17) is 17.0 Å². The maximum absolute atomic E-state index is 5.14. The highest BCUT2D eigenvalue weighted by Crippen LogP contribution is 2.27. The Morgan fingerprint density at radius 1 is 1.35 bits per heavy atom. The van der Waals surface area contributed by atoms with Crippen molar-refractivity contribution in [1.82, 2.24) is 9.78 Å². The van der Waals surface area contributed by atoms with Gasteiger partial charge in [-0.15, -0.1) is 17.7 Å². The Labute approximate surface area is 128 Å². The Morgan fingerprint density at radius 3 is 2.70 bits per heavy atom. The van der Waals surface area contributed by atoms with Crippen LogP contribution in [0, 0.1) is 13.8 Å². The standard InChI is InChI=1S/C13H14N4OS2/c1-8-12(9(2)17(16-8)13(19)20)15-14-10-5-4-6-11(7-10)18-3/h4-7H,1-3H3,(H,19,20). The number of aromatic nitrogens is 2. The Hall–Kier alpha value is -1.73. The van der Waals surface area contributed by atoms with Gasteiger partial charge in [0, 0.05) is 6.07 Å². The molecule has 0 aliphatic rings. The predicted molar refractivity (Wildman–Crippen MR) is 85.9 cm³/mol. The molecule has 2 rings (SSSR count). The van der Waals surface area contributed by atoms with E-state index in [1.807, 2.05) is 38.1 Å². The molecule has 0 radical (unpaired) electrons. The molecular weight excluding hydrogens is 292 g/mol. The SMILES string of the molecule is COc1cccc(N=Nc2c(C)nn(C(=S)S)c2C)c1. The number of rotatable bonds is 3. The van der Waals surface area contributed by atoms with Crippen LogP contribution in [0.2, 0.25) is 0 Å². The van der Waals surface area contributed by atoms with Crippen LogP contribution in [0.25, 0.3) is 0 Å². The molecule has 1 heterocycles. The lowest BCUT2D eigenvalue weighted by molar-refractivity contribution is 0.415. The van der Waals surface area contributed by atoms with Crippen molar-refractivity contribution in [3.8, 4) is 5.75 Å². The second-order valence-electron chi connectivity index (χ2n) is 4.12. The monoisotopic (exact) mass is 306 g/mol. The van der Waals surface area contributed by atoms with Crippen LogP contribution >= 0.6 is 24.8 Å². The van der Waals surface area contributed by atoms with Gasteiger partial charge < -0.3 is 4.74 Å². The smallest absolute Gasteiger partial charge is 0.158 e. The number of aryl methyl sites for hydroxylation is 1. The van der Waals surface area contributed by atoms with Crippen LogP contribution < -0.4 is 4.74 Å². The average molecular weight is 306 g/mol. The van der Waals surface area contributed by atoms with Crippen LogP contribution in [0.3, 0.4) is 0 Å². The van der Waals surface area contributed by atoms with E-state index >= 15 is 0 Å². The largest absolute Gasteiger partial charge is 0.497 e. The number of benzene rings is 1. The topological polar surface area (TPSA) is 51.8 Å². The van der Waals surface area contributed by atoms with Gasteiger partial charge in [-0.05, 0) is 26.0 Å². The minimum atomic E-state index is 0.383. The minimum absolute atomic E-state index is 0.383. The van der Waals surface area contributed by atoms with E-state index < -0.39 is 0 Å². The van der Waals surface area contributed by atoms with Gasteiger partial charge >= 0.3 is 0 Å². The molecule has 0 bridgehead atoms. The van der Waals surface area contributed by atoms with Crippen molar-refractivity contribution in [2.24, 2.45) is 10.2 Å². The maximum Gasteiger partial charge on any atom is 0.158 e. The van der Waals surface area contributed by atoms with Crippen molar-refractivity contribution in [2.45, 2.75) is 13.8 Å². The molecule has 104 valence electrons. The van der Waals surface area contributed by atoms with Gasteiger partial charge in [0.05, 0.1) is 24.2 Å². The molecule has 1 aromatic carbocycles. The van der Waals surface area contributed by atoms with Crippen molar-refractivity contribution in [3.05, 3.63) is 35.7 Å². The Bertz CT molecular complexity index is 679. The third-order valence-corrected chi connectivity index (χ3v) is 3.12. The van der Waals surface area contributed by atoms with E-state index in [1.54, 1.807) is 11.8 Å². The van der Waals surface area contributed by atoms with Crippen LogP contribution in [-0.2, 0) is 0 Å². The molecule has 2 aromatic rings. The maximum atomic E-state index is 5.14. The second kappa shape index (κ2) is 6.15. The second-order valence-corrected chi connectivity index (χ2v) is 5.23. The summed E-state index contributed by atoms with van der Waals surface area (Å²) in [6.45, 7) is 3.73. The molecule has 0 aliphatic carbocycles. The summed E-state index contributed by atoms with van der Waals surface area (Å²) >= 11 is 9.13. The van der Waals surface area contributed by atoms with Gasteiger partial charge in [-0.1, -0.05) is 18.3 Å². The highest BCUT2D eigenvalue weighted by Gasteiger charge is 2.12. The fraction of sp³-hybridized carbons (Fsp3) is 0.231. The first-order valence-electron chi connectivity index (χ1n) is 5.88. The summed E-state index contributed by atoms with van der Waals surface area (Å²) in [6.07, 6.45) is 0. The third kappa shape index (κ3) is 3.05. The number of azo groups is 1. The molecule has 0 saturated carbocycles. The van der Waals surface area contributed by atoms with Crippen molar-refractivity contribution < 1.29 is 4.74 Å². The number of ether oxygens (including phenoxy) is 1. The molecule has 1 aromatic heterocycles. The van der Waals surface area contributed by atoms with Crippen LogP contribution in [0.1, 0.15) is 11.4 Å². The van der Waals surface area contributed by atoms with E-state index in [9.17, 15) is 0 Å². The summed E-state index contributed by atoms with van der Waals surface area (Å²) in [6, 6.07) is 7.37. The number of thiocarbonyl (C=S) groups is 1. The van der Waals surface area contributed by atoms with E-state index in [0.29, 0.717) is 15.7 Å². The summed E-state index contributed by atoms with van der Waals surface area (Å²) in [7, 11) is 1.61. The summed E-state index contributed by atoms with van der Waals surface area (Å²) in [4.78, 5) is 0. The Morgan fingerprint density at radius 2 is 2.10 bits per heavy atom. The molecule has 0 spiro atoms. The molecule has 0 atom stereocenters. The van der Waals surface area contributed by atoms with Crippen molar-refractivity contribution in [2.75, 3.05) is 7.11 Å². The summed E-state index contributed by atoms with van der Waals surface area (Å²) in [5, 5.41) is 12.7. The number of hydrogen-bond acceptors (Lipinski definition) is 5. The molecule has 0 N–H and O–H groups in total. The van der Waals surface area contributed by atoms with E-state index in [0.717, 1.165) is 17.1 Å². The van der Waals surface area contributed by atoms with Crippen LogP contribution in [0.15, 0.2) is 34.5 Å². The minimum Gasteiger partial charge on any atom is -0.497 e. The zero-order valence-corrected chi connectivity index (χ0v) is 13.1. The van der Waals surface area contributed by atoms with Gasteiger partial charge in [-0.25, -0.2) is 4.68 Å². The highest BCUT2D eigenvalue weighted by molar-refractivity contribution is 8.11. The molecule has 5 nitrogen and oxygen atoms in total. The first-order chi connectivity index (χ1) is 9.52. The van der Waals surface area contributed by atoms with Gasteiger partial charge in [0.15, 0.2) is 4.32 Å². The average Bonchev–Trinajstić information content (AvgIpc) is 2.72. The molecule has 7 heteroatoms. The number of hydrogen-bond donors (Lipinski definition) is 1. The number of thiol groups is 1. The fourth-order valence-electron chi connectivity index (χ4n) is 1.75. The lowest BCUT2D eigenvalue weighted by atomic mass is 10.3. The zero-order valence-electron chi connectivity index (χ0n) is 11.4. The van der Waals surface area contributed by atoms with Gasteiger partial charge in [0.25, 0.3) is 0 Å². The van der Waals surface area contributed by atoms with E-state index in [-0.39, 0.29) is 0 Å². The highest BCUT2D eigenvalue weighted by atomic mass is 32.1. The molecule has 0 amide bonds. The van der Waals surface area contributed by atoms with Gasteiger partial charge in [-0.2, -0.15) is 10.2 Å². The molecule has 0 unspecified atom stereocenters. The molecule has 20 heavy (non-hydrogen) atoms. The lowest BCUT2D eigenvalue weighted by Crippen LogP contribution is -2.05. The Kier molecular flexibility index (Phi) is 4.51. The van der Waals surface area contributed by atoms with Gasteiger partial charge in [0.2, 0.25) is 0 Å². The van der Waals surface area contributed by atoms with Gasteiger partial charge in [0.1, 0.15) is 11.4 Å². The van der Waals surface area contributed by atoms with Crippen LogP contribution in [0.5, 0.6) is 5.75 Å². The molecular formula is C13H14N4OS2. The first-order valence-corrected chi connectivity index (χ1v) is 6.73. The summed E-state index contributed by atoms with van der Waals surface area (Å²) in [5.41, 5.74) is 2.98. The van der Waals surface area contributed by atoms with Crippen LogP contribution in [0.4, 0.5) is 11.4 Å². The van der Waals surface area contributed by atoms with E-state index in [2.05, 4.69) is 28.0 Å². The zero-order chi connectivity index (χ0) is 14.7. The fourth-order valence-corrected chi connectivity index (χ4v) is 2.12. The van der Waals surface area contributed by atoms with Gasteiger partial charge in [-0.3, -0.25) is 0 Å². The van der Waals surface area contributed by atoms with Crippen molar-refractivity contribution in [3.63, 3.8) is 0 Å². The quantitative estimate of drug-likeness (QED) is 0.530. The summed E-state index contributed by atoms with van der Waals surface area (Å²) < 4.78 is 7.09. The van der Waals surface area contributed by atoms with Crippen molar-refractivity contribution >= 4 is 40.5 Å². The molecule has 0 aliphatic heterocycles. The van der Waals surface area contributed by atoms with E-state index in [1.165, 1.54) is 0 Å². The lowest BCUT2D eigenvalue weighted by Gasteiger charge is -1.99. The molecule has 0 fully saturated rings.